The van der Waals surface area contributed by atoms with Crippen LogP contribution in [-0.4, -0.2) is 29.0 Å². The lowest BCUT2D eigenvalue weighted by Crippen LogP contribution is -2.29. The van der Waals surface area contributed by atoms with Gasteiger partial charge >= 0.3 is 0 Å². The van der Waals surface area contributed by atoms with Gasteiger partial charge in [-0.2, -0.15) is 0 Å². The summed E-state index contributed by atoms with van der Waals surface area (Å²) in [5.74, 6) is 0. The lowest BCUT2D eigenvalue weighted by Gasteiger charge is -2.20. The standard InChI is InChI=1S/C12H18N2/c1-11-5-4-9-14(11)10-7-12-6-2-3-8-13-12/h2-3,6,8,11H,4-5,7,9-10H2,1H3/t11-/m1/s1. The molecule has 1 aliphatic rings. The molecule has 2 heteroatoms. The molecule has 2 heterocycles. The zero-order valence-corrected chi connectivity index (χ0v) is 8.82. The fourth-order valence-electron chi connectivity index (χ4n) is 2.13. The first-order valence-corrected chi connectivity index (χ1v) is 5.50. The molecule has 1 aliphatic heterocycles. The highest BCUT2D eigenvalue weighted by atomic mass is 15.2. The van der Waals surface area contributed by atoms with Gasteiger partial charge in [0, 0.05) is 30.9 Å². The average molecular weight is 190 g/mol. The summed E-state index contributed by atoms with van der Waals surface area (Å²) in [4.78, 5) is 6.90. The number of rotatable bonds is 3. The smallest absolute Gasteiger partial charge is 0.0416 e. The molecule has 1 aromatic rings. The van der Waals surface area contributed by atoms with Crippen molar-refractivity contribution in [2.45, 2.75) is 32.2 Å². The van der Waals surface area contributed by atoms with Crippen molar-refractivity contribution in [3.05, 3.63) is 30.1 Å². The van der Waals surface area contributed by atoms with Crippen molar-refractivity contribution in [1.82, 2.24) is 9.88 Å². The van der Waals surface area contributed by atoms with Crippen LogP contribution < -0.4 is 0 Å². The van der Waals surface area contributed by atoms with E-state index in [4.69, 9.17) is 0 Å². The van der Waals surface area contributed by atoms with E-state index in [2.05, 4.69) is 28.9 Å². The first-order valence-electron chi connectivity index (χ1n) is 5.50. The van der Waals surface area contributed by atoms with Gasteiger partial charge in [-0.25, -0.2) is 0 Å². The molecule has 0 bridgehead atoms. The zero-order valence-electron chi connectivity index (χ0n) is 8.82. The zero-order chi connectivity index (χ0) is 9.80. The van der Waals surface area contributed by atoms with Gasteiger partial charge in [0.25, 0.3) is 0 Å². The molecule has 0 N–H and O–H groups in total. The second-order valence-corrected chi connectivity index (χ2v) is 4.10. The van der Waals surface area contributed by atoms with Gasteiger partial charge in [-0.15, -0.1) is 0 Å². The van der Waals surface area contributed by atoms with Gasteiger partial charge in [-0.3, -0.25) is 4.98 Å². The number of likely N-dealkylation sites (tertiary alicyclic amines) is 1. The van der Waals surface area contributed by atoms with Crippen LogP contribution in [0.15, 0.2) is 24.4 Å². The van der Waals surface area contributed by atoms with Gasteiger partial charge in [-0.1, -0.05) is 6.07 Å². The van der Waals surface area contributed by atoms with Gasteiger partial charge < -0.3 is 4.90 Å². The Labute approximate surface area is 86.0 Å². The molecule has 0 aliphatic carbocycles. The molecule has 1 saturated heterocycles. The summed E-state index contributed by atoms with van der Waals surface area (Å²) in [7, 11) is 0. The van der Waals surface area contributed by atoms with Crippen molar-refractivity contribution >= 4 is 0 Å². The third kappa shape index (κ3) is 2.32. The fraction of sp³-hybridized carbons (Fsp3) is 0.583. The van der Waals surface area contributed by atoms with Crippen LogP contribution in [-0.2, 0) is 6.42 Å². The number of hydrogen-bond acceptors (Lipinski definition) is 2. The summed E-state index contributed by atoms with van der Waals surface area (Å²) in [5, 5.41) is 0. The van der Waals surface area contributed by atoms with E-state index in [0.29, 0.717) is 0 Å². The molecule has 0 aromatic carbocycles. The lowest BCUT2D eigenvalue weighted by molar-refractivity contribution is 0.271. The van der Waals surface area contributed by atoms with Crippen LogP contribution in [0.3, 0.4) is 0 Å². The number of hydrogen-bond donors (Lipinski definition) is 0. The Balaban J connectivity index is 1.82. The fourth-order valence-corrected chi connectivity index (χ4v) is 2.13. The summed E-state index contributed by atoms with van der Waals surface area (Å²) >= 11 is 0. The second kappa shape index (κ2) is 4.56. The highest BCUT2D eigenvalue weighted by molar-refractivity contribution is 5.03. The van der Waals surface area contributed by atoms with Gasteiger partial charge in [0.2, 0.25) is 0 Å². The van der Waals surface area contributed by atoms with Crippen LogP contribution >= 0.6 is 0 Å². The van der Waals surface area contributed by atoms with Crippen molar-refractivity contribution in [2.24, 2.45) is 0 Å². The average Bonchev–Trinajstić information content (AvgIpc) is 2.63. The minimum Gasteiger partial charge on any atom is -0.300 e. The van der Waals surface area contributed by atoms with E-state index in [1.807, 2.05) is 12.3 Å². The molecule has 0 amide bonds. The summed E-state index contributed by atoms with van der Waals surface area (Å²) in [6.45, 7) is 4.76. The normalized spacial score (nSPS) is 22.8. The van der Waals surface area contributed by atoms with Crippen LogP contribution in [0.5, 0.6) is 0 Å². The minimum absolute atomic E-state index is 0.777. The van der Waals surface area contributed by atoms with Crippen molar-refractivity contribution in [2.75, 3.05) is 13.1 Å². The number of aromatic nitrogens is 1. The van der Waals surface area contributed by atoms with E-state index in [1.54, 1.807) is 0 Å². The molecule has 0 radical (unpaired) electrons. The minimum atomic E-state index is 0.777. The van der Waals surface area contributed by atoms with Crippen LogP contribution in [0.4, 0.5) is 0 Å². The quantitative estimate of drug-likeness (QED) is 0.725. The largest absolute Gasteiger partial charge is 0.300 e. The van der Waals surface area contributed by atoms with Crippen LogP contribution in [0.25, 0.3) is 0 Å². The molecule has 2 rings (SSSR count). The topological polar surface area (TPSA) is 16.1 Å². The van der Waals surface area contributed by atoms with Gasteiger partial charge in [-0.05, 0) is 38.4 Å². The first-order chi connectivity index (χ1) is 6.86. The predicted molar refractivity (Wildman–Crippen MR) is 58.2 cm³/mol. The summed E-state index contributed by atoms with van der Waals surface area (Å²) in [6, 6.07) is 6.93. The molecule has 1 atom stereocenters. The Kier molecular flexibility index (Phi) is 3.14. The van der Waals surface area contributed by atoms with Crippen molar-refractivity contribution < 1.29 is 0 Å². The Hall–Kier alpha value is -0.890. The Morgan fingerprint density at radius 1 is 1.50 bits per heavy atom. The van der Waals surface area contributed by atoms with E-state index >= 15 is 0 Å². The van der Waals surface area contributed by atoms with E-state index in [-0.39, 0.29) is 0 Å². The molecular formula is C12H18N2. The van der Waals surface area contributed by atoms with E-state index < -0.39 is 0 Å². The Bertz CT molecular complexity index is 271. The first kappa shape index (κ1) is 9.66. The van der Waals surface area contributed by atoms with E-state index in [0.717, 1.165) is 19.0 Å². The van der Waals surface area contributed by atoms with Gasteiger partial charge in [0.05, 0.1) is 0 Å². The maximum Gasteiger partial charge on any atom is 0.0416 e. The van der Waals surface area contributed by atoms with Gasteiger partial charge in [0.15, 0.2) is 0 Å². The monoisotopic (exact) mass is 190 g/mol. The predicted octanol–water partition coefficient (Wildman–Crippen LogP) is 2.11. The molecule has 1 aromatic heterocycles. The molecule has 1 fully saturated rings. The van der Waals surface area contributed by atoms with Crippen LogP contribution in [0.1, 0.15) is 25.5 Å². The van der Waals surface area contributed by atoms with E-state index in [1.165, 1.54) is 25.1 Å². The van der Waals surface area contributed by atoms with Crippen molar-refractivity contribution in [3.63, 3.8) is 0 Å². The number of nitrogens with zero attached hydrogens (tertiary/aromatic N) is 2. The van der Waals surface area contributed by atoms with Crippen molar-refractivity contribution in [1.29, 1.82) is 0 Å². The third-order valence-corrected chi connectivity index (χ3v) is 3.07. The van der Waals surface area contributed by atoms with Gasteiger partial charge in [0.1, 0.15) is 0 Å². The molecular weight excluding hydrogens is 172 g/mol. The maximum atomic E-state index is 4.34. The molecule has 76 valence electrons. The molecule has 14 heavy (non-hydrogen) atoms. The van der Waals surface area contributed by atoms with Crippen LogP contribution in [0, 0.1) is 0 Å². The van der Waals surface area contributed by atoms with Crippen molar-refractivity contribution in [3.8, 4) is 0 Å². The summed E-state index contributed by atoms with van der Waals surface area (Å²) < 4.78 is 0. The third-order valence-electron chi connectivity index (χ3n) is 3.07. The SMILES string of the molecule is C[C@@H]1CCCN1CCc1ccccn1. The van der Waals surface area contributed by atoms with E-state index in [9.17, 15) is 0 Å². The molecule has 2 nitrogen and oxygen atoms in total. The lowest BCUT2D eigenvalue weighted by atomic mass is 10.2. The summed E-state index contributed by atoms with van der Waals surface area (Å²) in [5.41, 5.74) is 1.21. The molecule has 0 unspecified atom stereocenters. The summed E-state index contributed by atoms with van der Waals surface area (Å²) in [6.07, 6.45) is 5.69. The number of pyridine rings is 1. The molecule has 0 saturated carbocycles. The van der Waals surface area contributed by atoms with Crippen LogP contribution in [0.2, 0.25) is 0 Å². The maximum absolute atomic E-state index is 4.34. The Morgan fingerprint density at radius 2 is 2.43 bits per heavy atom. The second-order valence-electron chi connectivity index (χ2n) is 4.10. The highest BCUT2D eigenvalue weighted by Gasteiger charge is 2.19. The Morgan fingerprint density at radius 3 is 3.07 bits per heavy atom. The highest BCUT2D eigenvalue weighted by Crippen LogP contribution is 2.16. The molecule has 0 spiro atoms.